The van der Waals surface area contributed by atoms with E-state index in [1.165, 1.54) is 22.0 Å². The second kappa shape index (κ2) is 4.92. The Labute approximate surface area is 103 Å². The van der Waals surface area contributed by atoms with Crippen LogP contribution in [0.5, 0.6) is 0 Å². The maximum absolute atomic E-state index is 5.62. The summed E-state index contributed by atoms with van der Waals surface area (Å²) in [6.07, 6.45) is 4.40. The summed E-state index contributed by atoms with van der Waals surface area (Å²) in [5.74, 6) is 0. The summed E-state index contributed by atoms with van der Waals surface area (Å²) in [6.45, 7) is 7.42. The predicted octanol–water partition coefficient (Wildman–Crippen LogP) is 3.42. The van der Waals surface area contributed by atoms with Crippen molar-refractivity contribution in [2.45, 2.75) is 39.7 Å². The Morgan fingerprint density at radius 3 is 2.71 bits per heavy atom. The lowest BCUT2D eigenvalue weighted by Gasteiger charge is -2.12. The molecule has 0 bridgehead atoms. The largest absolute Gasteiger partial charge is 0.344 e. The molecule has 2 N–H and O–H groups in total. The van der Waals surface area contributed by atoms with E-state index in [4.69, 9.17) is 5.73 Å². The summed E-state index contributed by atoms with van der Waals surface area (Å²) in [5, 5.41) is 1.38. The van der Waals surface area contributed by atoms with Crippen molar-refractivity contribution >= 4 is 10.9 Å². The molecular formula is C15H22N2. The van der Waals surface area contributed by atoms with Gasteiger partial charge in [-0.05, 0) is 51.3 Å². The molecule has 1 aromatic carbocycles. The second-order valence-electron chi connectivity index (χ2n) is 5.02. The fourth-order valence-electron chi connectivity index (χ4n) is 2.46. The number of rotatable bonds is 4. The Bertz CT molecular complexity index is 509. The van der Waals surface area contributed by atoms with Crippen LogP contribution in [0.2, 0.25) is 0 Å². The zero-order valence-corrected chi connectivity index (χ0v) is 11.0. The summed E-state index contributed by atoms with van der Waals surface area (Å²) in [4.78, 5) is 0. The quantitative estimate of drug-likeness (QED) is 0.857. The van der Waals surface area contributed by atoms with E-state index in [1.807, 2.05) is 0 Å². The minimum absolute atomic E-state index is 0.505. The summed E-state index contributed by atoms with van der Waals surface area (Å²) in [6, 6.07) is 7.11. The normalized spacial score (nSPS) is 11.6. The van der Waals surface area contributed by atoms with Gasteiger partial charge in [0, 0.05) is 17.6 Å². The highest BCUT2D eigenvalue weighted by molar-refractivity contribution is 5.86. The van der Waals surface area contributed by atoms with Gasteiger partial charge in [0.25, 0.3) is 0 Å². The highest BCUT2D eigenvalue weighted by Gasteiger charge is 2.11. The minimum Gasteiger partial charge on any atom is -0.344 e. The number of aryl methyl sites for hydroxylation is 2. The van der Waals surface area contributed by atoms with E-state index in [0.717, 1.165) is 19.4 Å². The summed E-state index contributed by atoms with van der Waals surface area (Å²) >= 11 is 0. The summed E-state index contributed by atoms with van der Waals surface area (Å²) in [7, 11) is 0. The summed E-state index contributed by atoms with van der Waals surface area (Å²) < 4.78 is 2.39. The van der Waals surface area contributed by atoms with Crippen molar-refractivity contribution in [2.24, 2.45) is 5.73 Å². The van der Waals surface area contributed by atoms with Gasteiger partial charge < -0.3 is 10.3 Å². The molecule has 0 spiro atoms. The smallest absolute Gasteiger partial charge is 0.0517 e. The number of fused-ring (bicyclic) bond motifs is 1. The molecule has 2 aromatic rings. The Kier molecular flexibility index (Phi) is 3.53. The first-order valence-corrected chi connectivity index (χ1v) is 6.44. The predicted molar refractivity (Wildman–Crippen MR) is 74.4 cm³/mol. The van der Waals surface area contributed by atoms with Crippen LogP contribution >= 0.6 is 0 Å². The Morgan fingerprint density at radius 1 is 1.29 bits per heavy atom. The minimum atomic E-state index is 0.505. The molecule has 0 aliphatic carbocycles. The van der Waals surface area contributed by atoms with Gasteiger partial charge in [0.15, 0.2) is 0 Å². The molecule has 0 fully saturated rings. The average Bonchev–Trinajstić information content (AvgIpc) is 2.65. The van der Waals surface area contributed by atoms with E-state index < -0.39 is 0 Å². The molecule has 0 atom stereocenters. The van der Waals surface area contributed by atoms with Crippen LogP contribution in [0.15, 0.2) is 24.4 Å². The van der Waals surface area contributed by atoms with Gasteiger partial charge in [-0.1, -0.05) is 18.2 Å². The average molecular weight is 230 g/mol. The van der Waals surface area contributed by atoms with Gasteiger partial charge in [-0.15, -0.1) is 0 Å². The van der Waals surface area contributed by atoms with Gasteiger partial charge in [0.2, 0.25) is 0 Å². The van der Waals surface area contributed by atoms with Gasteiger partial charge in [0.1, 0.15) is 0 Å². The van der Waals surface area contributed by atoms with Crippen LogP contribution in [0.3, 0.4) is 0 Å². The maximum Gasteiger partial charge on any atom is 0.0517 e. The highest BCUT2D eigenvalue weighted by atomic mass is 15.0. The number of nitrogens with two attached hydrogens (primary N) is 1. The zero-order valence-electron chi connectivity index (χ0n) is 11.0. The van der Waals surface area contributed by atoms with Crippen LogP contribution < -0.4 is 5.73 Å². The van der Waals surface area contributed by atoms with E-state index in [9.17, 15) is 0 Å². The van der Waals surface area contributed by atoms with Crippen molar-refractivity contribution in [3.63, 3.8) is 0 Å². The molecule has 2 heteroatoms. The van der Waals surface area contributed by atoms with Gasteiger partial charge in [-0.3, -0.25) is 0 Å². The van der Waals surface area contributed by atoms with Crippen molar-refractivity contribution < 1.29 is 0 Å². The monoisotopic (exact) mass is 230 g/mol. The SMILES string of the molecule is Cc1cn(C(C)C)c2c(CCCN)cccc12. The fourth-order valence-corrected chi connectivity index (χ4v) is 2.46. The van der Waals surface area contributed by atoms with E-state index in [0.29, 0.717) is 6.04 Å². The third-order valence-corrected chi connectivity index (χ3v) is 3.34. The first-order chi connectivity index (χ1) is 8.15. The Hall–Kier alpha value is -1.28. The lowest BCUT2D eigenvalue weighted by Crippen LogP contribution is -2.04. The zero-order chi connectivity index (χ0) is 12.4. The van der Waals surface area contributed by atoms with Gasteiger partial charge >= 0.3 is 0 Å². The maximum atomic E-state index is 5.62. The van der Waals surface area contributed by atoms with Crippen LogP contribution in [0.1, 0.15) is 37.4 Å². The Balaban J connectivity index is 2.59. The molecule has 0 radical (unpaired) electrons. The molecular weight excluding hydrogens is 208 g/mol. The molecule has 0 saturated heterocycles. The molecule has 1 aromatic heterocycles. The molecule has 2 nitrogen and oxygen atoms in total. The van der Waals surface area contributed by atoms with E-state index in [1.54, 1.807) is 0 Å². The van der Waals surface area contributed by atoms with E-state index in [2.05, 4.69) is 49.7 Å². The third-order valence-electron chi connectivity index (χ3n) is 3.34. The van der Waals surface area contributed by atoms with Gasteiger partial charge in [0.05, 0.1) is 5.52 Å². The number of hydrogen-bond donors (Lipinski definition) is 1. The first kappa shape index (κ1) is 12.2. The van der Waals surface area contributed by atoms with Gasteiger partial charge in [-0.2, -0.15) is 0 Å². The molecule has 0 saturated carbocycles. The molecule has 17 heavy (non-hydrogen) atoms. The number of hydrogen-bond acceptors (Lipinski definition) is 1. The topological polar surface area (TPSA) is 30.9 Å². The van der Waals surface area contributed by atoms with Crippen LogP contribution in [0.4, 0.5) is 0 Å². The number of aromatic nitrogens is 1. The van der Waals surface area contributed by atoms with Crippen LogP contribution in [-0.4, -0.2) is 11.1 Å². The third kappa shape index (κ3) is 2.22. The van der Waals surface area contributed by atoms with Gasteiger partial charge in [-0.25, -0.2) is 0 Å². The Morgan fingerprint density at radius 2 is 2.06 bits per heavy atom. The molecule has 92 valence electrons. The van der Waals surface area contributed by atoms with Crippen molar-refractivity contribution in [3.05, 3.63) is 35.5 Å². The highest BCUT2D eigenvalue weighted by Crippen LogP contribution is 2.27. The molecule has 0 amide bonds. The molecule has 2 rings (SSSR count). The van der Waals surface area contributed by atoms with Crippen molar-refractivity contribution in [1.29, 1.82) is 0 Å². The number of benzene rings is 1. The first-order valence-electron chi connectivity index (χ1n) is 6.44. The number of nitrogens with zero attached hydrogens (tertiary/aromatic N) is 1. The molecule has 0 aliphatic heterocycles. The van der Waals surface area contributed by atoms with E-state index in [-0.39, 0.29) is 0 Å². The lowest BCUT2D eigenvalue weighted by molar-refractivity contribution is 0.619. The lowest BCUT2D eigenvalue weighted by atomic mass is 10.0. The second-order valence-corrected chi connectivity index (χ2v) is 5.02. The van der Waals surface area contributed by atoms with Crippen LogP contribution in [0.25, 0.3) is 10.9 Å². The fraction of sp³-hybridized carbons (Fsp3) is 0.467. The molecule has 1 heterocycles. The molecule has 0 aliphatic rings. The van der Waals surface area contributed by atoms with Crippen LogP contribution in [-0.2, 0) is 6.42 Å². The standard InChI is InChI=1S/C15H22N2/c1-11(2)17-10-12(3)14-8-4-6-13(15(14)17)7-5-9-16/h4,6,8,10-11H,5,7,9,16H2,1-3H3. The molecule has 0 unspecified atom stereocenters. The van der Waals surface area contributed by atoms with E-state index >= 15 is 0 Å². The van der Waals surface area contributed by atoms with Crippen LogP contribution in [0, 0.1) is 6.92 Å². The van der Waals surface area contributed by atoms with Crippen molar-refractivity contribution in [1.82, 2.24) is 4.57 Å². The number of para-hydroxylation sites is 1. The van der Waals surface area contributed by atoms with Crippen molar-refractivity contribution in [2.75, 3.05) is 6.54 Å². The summed E-state index contributed by atoms with van der Waals surface area (Å²) in [5.41, 5.74) is 9.80. The van der Waals surface area contributed by atoms with Crippen molar-refractivity contribution in [3.8, 4) is 0 Å².